The van der Waals surface area contributed by atoms with E-state index in [4.69, 9.17) is 0 Å². The summed E-state index contributed by atoms with van der Waals surface area (Å²) in [6.07, 6.45) is 0. The van der Waals surface area contributed by atoms with Gasteiger partial charge in [-0.05, 0) is 103 Å². The van der Waals surface area contributed by atoms with Crippen molar-refractivity contribution >= 4 is 80.9 Å². The second-order valence-corrected chi connectivity index (χ2v) is 16.0. The molecule has 2 heteroatoms. The molecular formula is C51H35NS. The quantitative estimate of drug-likeness (QED) is 0.177. The molecule has 1 heterocycles. The second-order valence-electron chi connectivity index (χ2n) is 14.9. The van der Waals surface area contributed by atoms with E-state index in [1.165, 1.54) is 97.2 Å². The molecule has 1 aromatic heterocycles. The molecule has 9 aromatic carbocycles. The number of hydrogen-bond donors (Lipinski definition) is 0. The standard InChI is InChI=1S/C51H35NS/c1-51(2)43-22-12-23-45(50(43)42-29-34-15-3-4-16-35(34)30-44(42)51)52(36-26-28-48-41(31-36)39-20-9-10-24-47(39)53-48)46-27-25-33-14-6-8-19-38(33)49(46)40-21-11-17-32-13-5-7-18-37(32)40/h3-31H,1-2H3. The lowest BCUT2D eigenvalue weighted by atomic mass is 9.82. The lowest BCUT2D eigenvalue weighted by Crippen LogP contribution is -2.16. The number of nitrogens with zero attached hydrogens (tertiary/aromatic N) is 1. The Kier molecular flexibility index (Phi) is 6.53. The lowest BCUT2D eigenvalue weighted by Gasteiger charge is -2.31. The van der Waals surface area contributed by atoms with Crippen LogP contribution in [-0.2, 0) is 5.41 Å². The Labute approximate surface area is 313 Å². The number of benzene rings is 9. The fraction of sp³-hybridized carbons (Fsp3) is 0.0588. The molecule has 0 amide bonds. The minimum Gasteiger partial charge on any atom is -0.309 e. The van der Waals surface area contributed by atoms with Gasteiger partial charge in [0.15, 0.2) is 0 Å². The van der Waals surface area contributed by atoms with E-state index in [-0.39, 0.29) is 5.41 Å². The predicted octanol–water partition coefficient (Wildman–Crippen LogP) is 15.0. The monoisotopic (exact) mass is 693 g/mol. The molecule has 0 radical (unpaired) electrons. The van der Waals surface area contributed by atoms with Crippen LogP contribution in [0.4, 0.5) is 17.1 Å². The van der Waals surface area contributed by atoms with Crippen LogP contribution >= 0.6 is 11.3 Å². The largest absolute Gasteiger partial charge is 0.309 e. The average Bonchev–Trinajstić information content (AvgIpc) is 3.68. The normalized spacial score (nSPS) is 13.2. The predicted molar refractivity (Wildman–Crippen MR) is 230 cm³/mol. The number of hydrogen-bond acceptors (Lipinski definition) is 2. The summed E-state index contributed by atoms with van der Waals surface area (Å²) in [5, 5.41) is 10.1. The summed E-state index contributed by atoms with van der Waals surface area (Å²) in [7, 11) is 0. The molecule has 0 atom stereocenters. The molecule has 250 valence electrons. The first-order valence-electron chi connectivity index (χ1n) is 18.4. The molecule has 1 nitrogen and oxygen atoms in total. The Bertz CT molecular complexity index is 3100. The van der Waals surface area contributed by atoms with Crippen molar-refractivity contribution in [2.24, 2.45) is 0 Å². The molecule has 1 aliphatic rings. The van der Waals surface area contributed by atoms with Crippen LogP contribution in [0.1, 0.15) is 25.0 Å². The van der Waals surface area contributed by atoms with E-state index >= 15 is 0 Å². The van der Waals surface area contributed by atoms with Gasteiger partial charge in [-0.25, -0.2) is 0 Å². The minimum atomic E-state index is -0.161. The number of rotatable bonds is 4. The Morgan fingerprint density at radius 2 is 1.02 bits per heavy atom. The third kappa shape index (κ3) is 4.49. The van der Waals surface area contributed by atoms with Crippen molar-refractivity contribution in [3.8, 4) is 22.3 Å². The van der Waals surface area contributed by atoms with Crippen molar-refractivity contribution < 1.29 is 0 Å². The first kappa shape index (κ1) is 30.4. The maximum absolute atomic E-state index is 2.56. The molecule has 11 rings (SSSR count). The Balaban J connectivity index is 1.28. The van der Waals surface area contributed by atoms with E-state index in [9.17, 15) is 0 Å². The van der Waals surface area contributed by atoms with E-state index in [1.807, 2.05) is 11.3 Å². The first-order chi connectivity index (χ1) is 26.0. The molecule has 1 aliphatic carbocycles. The molecule has 0 saturated carbocycles. The minimum absolute atomic E-state index is 0.161. The summed E-state index contributed by atoms with van der Waals surface area (Å²) < 4.78 is 2.62. The second kappa shape index (κ2) is 11.4. The van der Waals surface area contributed by atoms with Gasteiger partial charge in [-0.2, -0.15) is 0 Å². The highest BCUT2D eigenvalue weighted by molar-refractivity contribution is 7.25. The highest BCUT2D eigenvalue weighted by Crippen LogP contribution is 2.56. The summed E-state index contributed by atoms with van der Waals surface area (Å²) >= 11 is 1.87. The van der Waals surface area contributed by atoms with Crippen molar-refractivity contribution in [3.05, 3.63) is 187 Å². The van der Waals surface area contributed by atoms with E-state index in [0.717, 1.165) is 5.69 Å². The molecule has 0 bridgehead atoms. The van der Waals surface area contributed by atoms with Gasteiger partial charge in [0.05, 0.1) is 11.4 Å². The zero-order valence-electron chi connectivity index (χ0n) is 29.6. The summed E-state index contributed by atoms with van der Waals surface area (Å²) in [5.41, 5.74) is 11.2. The van der Waals surface area contributed by atoms with Gasteiger partial charge in [-0.3, -0.25) is 0 Å². The zero-order chi connectivity index (χ0) is 35.3. The van der Waals surface area contributed by atoms with Crippen molar-refractivity contribution in [2.45, 2.75) is 19.3 Å². The van der Waals surface area contributed by atoms with E-state index < -0.39 is 0 Å². The summed E-state index contributed by atoms with van der Waals surface area (Å²) in [6.45, 7) is 4.78. The Morgan fingerprint density at radius 1 is 0.396 bits per heavy atom. The van der Waals surface area contributed by atoms with E-state index in [2.05, 4.69) is 195 Å². The van der Waals surface area contributed by atoms with Gasteiger partial charge in [-0.1, -0.05) is 141 Å². The van der Waals surface area contributed by atoms with Gasteiger partial charge in [0.25, 0.3) is 0 Å². The van der Waals surface area contributed by atoms with Crippen molar-refractivity contribution in [3.63, 3.8) is 0 Å². The highest BCUT2D eigenvalue weighted by atomic mass is 32.1. The van der Waals surface area contributed by atoms with Crippen LogP contribution in [0.5, 0.6) is 0 Å². The molecule has 53 heavy (non-hydrogen) atoms. The fourth-order valence-corrected chi connectivity index (χ4v) is 10.2. The topological polar surface area (TPSA) is 3.24 Å². The number of fused-ring (bicyclic) bond motifs is 9. The molecule has 0 spiro atoms. The van der Waals surface area contributed by atoms with Crippen molar-refractivity contribution in [2.75, 3.05) is 4.90 Å². The van der Waals surface area contributed by atoms with Gasteiger partial charge >= 0.3 is 0 Å². The molecule has 0 saturated heterocycles. The van der Waals surface area contributed by atoms with Crippen LogP contribution < -0.4 is 4.90 Å². The Hall–Kier alpha value is -6.22. The van der Waals surface area contributed by atoms with Gasteiger partial charge in [0.2, 0.25) is 0 Å². The molecule has 0 fully saturated rings. The van der Waals surface area contributed by atoms with Gasteiger partial charge in [0, 0.05) is 42.4 Å². The third-order valence-electron chi connectivity index (χ3n) is 11.6. The average molecular weight is 694 g/mol. The van der Waals surface area contributed by atoms with Crippen LogP contribution in [0.15, 0.2) is 176 Å². The fourth-order valence-electron chi connectivity index (χ4n) is 9.07. The summed E-state index contributed by atoms with van der Waals surface area (Å²) in [4.78, 5) is 2.56. The SMILES string of the molecule is CC1(C)c2cc3ccccc3cc2-c2c(N(c3ccc4sc5ccccc5c4c3)c3ccc4ccccc4c3-c3cccc4ccccc34)cccc21. The summed E-state index contributed by atoms with van der Waals surface area (Å²) in [5.74, 6) is 0. The first-order valence-corrected chi connectivity index (χ1v) is 19.2. The molecule has 10 aromatic rings. The van der Waals surface area contributed by atoms with Crippen LogP contribution in [0.25, 0.3) is 74.7 Å². The maximum Gasteiger partial charge on any atom is 0.0546 e. The van der Waals surface area contributed by atoms with Crippen LogP contribution in [0.3, 0.4) is 0 Å². The summed E-state index contributed by atoms with van der Waals surface area (Å²) in [6, 6.07) is 65.6. The van der Waals surface area contributed by atoms with Crippen molar-refractivity contribution in [1.82, 2.24) is 0 Å². The molecule has 0 aliphatic heterocycles. The van der Waals surface area contributed by atoms with Crippen LogP contribution in [0, 0.1) is 0 Å². The van der Waals surface area contributed by atoms with Gasteiger partial charge in [0.1, 0.15) is 0 Å². The molecular weight excluding hydrogens is 659 g/mol. The van der Waals surface area contributed by atoms with E-state index in [0.29, 0.717) is 0 Å². The van der Waals surface area contributed by atoms with E-state index in [1.54, 1.807) is 0 Å². The highest BCUT2D eigenvalue weighted by Gasteiger charge is 2.38. The van der Waals surface area contributed by atoms with Crippen LogP contribution in [-0.4, -0.2) is 0 Å². The van der Waals surface area contributed by atoms with Gasteiger partial charge in [-0.15, -0.1) is 11.3 Å². The van der Waals surface area contributed by atoms with Gasteiger partial charge < -0.3 is 4.90 Å². The lowest BCUT2D eigenvalue weighted by molar-refractivity contribution is 0.661. The zero-order valence-corrected chi connectivity index (χ0v) is 30.4. The number of anilines is 3. The maximum atomic E-state index is 2.56. The smallest absolute Gasteiger partial charge is 0.0546 e. The Morgan fingerprint density at radius 3 is 1.85 bits per heavy atom. The van der Waals surface area contributed by atoms with Crippen LogP contribution in [0.2, 0.25) is 0 Å². The molecule has 0 N–H and O–H groups in total. The third-order valence-corrected chi connectivity index (χ3v) is 12.8. The molecule has 0 unspecified atom stereocenters. The number of thiophene rings is 1. The van der Waals surface area contributed by atoms with Crippen molar-refractivity contribution in [1.29, 1.82) is 0 Å².